The summed E-state index contributed by atoms with van der Waals surface area (Å²) in [6, 6.07) is 73.8. The molecule has 0 unspecified atom stereocenters. The van der Waals surface area contributed by atoms with Gasteiger partial charge in [0.25, 0.3) is 0 Å². The molecule has 0 radical (unpaired) electrons. The lowest BCUT2D eigenvalue weighted by Gasteiger charge is -2.26. The second-order valence-corrected chi connectivity index (χ2v) is 14.1. The maximum atomic E-state index is 6.37. The fourth-order valence-corrected chi connectivity index (χ4v) is 8.39. The van der Waals surface area contributed by atoms with Gasteiger partial charge in [-0.25, -0.2) is 0 Å². The molecule has 0 aliphatic rings. The van der Waals surface area contributed by atoms with E-state index in [0.29, 0.717) is 0 Å². The molecule has 0 atom stereocenters. The van der Waals surface area contributed by atoms with E-state index < -0.39 is 0 Å². The van der Waals surface area contributed by atoms with Gasteiger partial charge in [-0.05, 0) is 82.7 Å². The second kappa shape index (κ2) is 12.6. The zero-order valence-corrected chi connectivity index (χ0v) is 29.9. The van der Waals surface area contributed by atoms with Gasteiger partial charge in [0, 0.05) is 55.2 Å². The Balaban J connectivity index is 0.938. The minimum absolute atomic E-state index is 0.910. The van der Waals surface area contributed by atoms with Gasteiger partial charge < -0.3 is 13.9 Å². The molecule has 3 nitrogen and oxygen atoms in total. The Kier molecular flexibility index (Phi) is 7.17. The van der Waals surface area contributed by atoms with Crippen molar-refractivity contribution < 1.29 is 4.42 Å². The zero-order valence-electron chi connectivity index (χ0n) is 29.9. The summed E-state index contributed by atoms with van der Waals surface area (Å²) in [5.41, 5.74) is 13.3. The lowest BCUT2D eigenvalue weighted by Crippen LogP contribution is -2.09. The van der Waals surface area contributed by atoms with E-state index in [1.54, 1.807) is 0 Å². The van der Waals surface area contributed by atoms with Gasteiger partial charge in [0.2, 0.25) is 0 Å². The minimum Gasteiger partial charge on any atom is -0.455 e. The van der Waals surface area contributed by atoms with E-state index in [9.17, 15) is 0 Å². The average molecular weight is 703 g/mol. The third-order valence-electron chi connectivity index (χ3n) is 11.0. The van der Waals surface area contributed by atoms with Gasteiger partial charge in [-0.3, -0.25) is 0 Å². The van der Waals surface area contributed by atoms with E-state index in [1.165, 1.54) is 43.7 Å². The third kappa shape index (κ3) is 5.13. The van der Waals surface area contributed by atoms with Crippen molar-refractivity contribution in [2.24, 2.45) is 0 Å². The quantitative estimate of drug-likeness (QED) is 0.172. The molecule has 9 aromatic carbocycles. The highest BCUT2D eigenvalue weighted by atomic mass is 16.3. The molecule has 0 saturated heterocycles. The molecule has 0 fully saturated rings. The van der Waals surface area contributed by atoms with E-state index in [4.69, 9.17) is 4.42 Å². The van der Waals surface area contributed by atoms with E-state index in [2.05, 4.69) is 204 Å². The Hall–Kier alpha value is -7.36. The van der Waals surface area contributed by atoms with Crippen LogP contribution in [-0.2, 0) is 0 Å². The number of anilines is 3. The number of nitrogens with zero attached hydrogens (tertiary/aromatic N) is 2. The number of furan rings is 1. The molecule has 258 valence electrons. The van der Waals surface area contributed by atoms with Crippen LogP contribution in [0.5, 0.6) is 0 Å². The molecule has 11 aromatic rings. The number of para-hydroxylation sites is 4. The maximum Gasteiger partial charge on any atom is 0.143 e. The first kappa shape index (κ1) is 31.2. The van der Waals surface area contributed by atoms with E-state index in [0.717, 1.165) is 55.8 Å². The summed E-state index contributed by atoms with van der Waals surface area (Å²) in [5, 5.41) is 7.33. The van der Waals surface area contributed by atoms with Crippen LogP contribution in [0, 0.1) is 0 Å². The number of rotatable bonds is 6. The van der Waals surface area contributed by atoms with Gasteiger partial charge in [-0.2, -0.15) is 0 Å². The number of aromatic nitrogens is 1. The minimum atomic E-state index is 0.910. The first-order valence-electron chi connectivity index (χ1n) is 18.8. The van der Waals surface area contributed by atoms with Crippen LogP contribution in [-0.4, -0.2) is 4.57 Å². The van der Waals surface area contributed by atoms with Crippen LogP contribution in [0.1, 0.15) is 0 Å². The van der Waals surface area contributed by atoms with Crippen molar-refractivity contribution in [2.75, 3.05) is 4.90 Å². The predicted octanol–water partition coefficient (Wildman–Crippen LogP) is 14.6. The van der Waals surface area contributed by atoms with E-state index >= 15 is 0 Å². The van der Waals surface area contributed by atoms with E-state index in [-0.39, 0.29) is 0 Å². The molecule has 0 N–H and O–H groups in total. The molecule has 11 rings (SSSR count). The molecule has 55 heavy (non-hydrogen) atoms. The largest absolute Gasteiger partial charge is 0.455 e. The Bertz CT molecular complexity index is 3170. The lowest BCUT2D eigenvalue weighted by atomic mass is 10.0. The van der Waals surface area contributed by atoms with Gasteiger partial charge in [-0.1, -0.05) is 146 Å². The monoisotopic (exact) mass is 702 g/mol. The summed E-state index contributed by atoms with van der Waals surface area (Å²) >= 11 is 0. The molecular weight excluding hydrogens is 669 g/mol. The molecule has 0 bridgehead atoms. The highest BCUT2D eigenvalue weighted by molar-refractivity contribution is 6.18. The third-order valence-corrected chi connectivity index (χ3v) is 11.0. The fourth-order valence-electron chi connectivity index (χ4n) is 8.39. The highest BCUT2D eigenvalue weighted by Gasteiger charge is 2.17. The Morgan fingerprint density at radius 1 is 0.364 bits per heavy atom. The van der Waals surface area contributed by atoms with E-state index in [1.807, 2.05) is 12.1 Å². The number of hydrogen-bond acceptors (Lipinski definition) is 2. The zero-order chi connectivity index (χ0) is 36.3. The van der Waals surface area contributed by atoms with Crippen LogP contribution >= 0.6 is 0 Å². The molecule has 2 aromatic heterocycles. The topological polar surface area (TPSA) is 21.3 Å². The number of benzene rings is 9. The van der Waals surface area contributed by atoms with Gasteiger partial charge in [-0.15, -0.1) is 0 Å². The Labute approximate surface area is 318 Å². The average Bonchev–Trinajstić information content (AvgIpc) is 3.81. The molecular formula is C52H34N2O. The highest BCUT2D eigenvalue weighted by Crippen LogP contribution is 2.40. The van der Waals surface area contributed by atoms with Crippen LogP contribution < -0.4 is 4.90 Å². The lowest BCUT2D eigenvalue weighted by molar-refractivity contribution is 0.670. The van der Waals surface area contributed by atoms with Gasteiger partial charge >= 0.3 is 0 Å². The molecule has 0 amide bonds. The second-order valence-electron chi connectivity index (χ2n) is 14.1. The van der Waals surface area contributed by atoms with Gasteiger partial charge in [0.05, 0.1) is 11.0 Å². The molecule has 0 spiro atoms. The van der Waals surface area contributed by atoms with Crippen molar-refractivity contribution in [1.82, 2.24) is 4.57 Å². The molecule has 0 saturated carbocycles. The smallest absolute Gasteiger partial charge is 0.143 e. The number of hydrogen-bond donors (Lipinski definition) is 0. The summed E-state index contributed by atoms with van der Waals surface area (Å²) in [5.74, 6) is 0. The van der Waals surface area contributed by atoms with Crippen molar-refractivity contribution >= 4 is 71.6 Å². The molecule has 0 aliphatic carbocycles. The van der Waals surface area contributed by atoms with Crippen LogP contribution in [0.3, 0.4) is 0 Å². The summed E-state index contributed by atoms with van der Waals surface area (Å²) in [7, 11) is 0. The van der Waals surface area contributed by atoms with Crippen molar-refractivity contribution in [1.29, 1.82) is 0 Å². The summed E-state index contributed by atoms with van der Waals surface area (Å²) in [6.07, 6.45) is 0. The van der Waals surface area contributed by atoms with Crippen LogP contribution in [0.2, 0.25) is 0 Å². The normalized spacial score (nSPS) is 11.6. The van der Waals surface area contributed by atoms with Crippen molar-refractivity contribution in [3.63, 3.8) is 0 Å². The maximum absolute atomic E-state index is 6.37. The molecule has 0 aliphatic heterocycles. The van der Waals surface area contributed by atoms with Crippen LogP contribution in [0.4, 0.5) is 17.1 Å². The Morgan fingerprint density at radius 3 is 1.71 bits per heavy atom. The van der Waals surface area contributed by atoms with Crippen molar-refractivity contribution in [3.8, 4) is 27.9 Å². The Morgan fingerprint density at radius 2 is 0.945 bits per heavy atom. The first-order valence-corrected chi connectivity index (χ1v) is 18.8. The van der Waals surface area contributed by atoms with Crippen LogP contribution in [0.15, 0.2) is 211 Å². The van der Waals surface area contributed by atoms with Crippen molar-refractivity contribution in [2.45, 2.75) is 0 Å². The van der Waals surface area contributed by atoms with Gasteiger partial charge in [0.15, 0.2) is 0 Å². The molecule has 3 heteroatoms. The predicted molar refractivity (Wildman–Crippen MR) is 231 cm³/mol. The molecule has 2 heterocycles. The summed E-state index contributed by atoms with van der Waals surface area (Å²) in [4.78, 5) is 2.31. The summed E-state index contributed by atoms with van der Waals surface area (Å²) < 4.78 is 8.78. The fraction of sp³-hybridized carbons (Fsp3) is 0. The standard InChI is InChI=1S/C52H34N2O/c1-2-12-39(13-3-1)53(41-32-25-38(26-33-41)44-17-10-18-48-46-16-7-9-20-50(46)55-52(44)48)40-28-21-35(22-29-40)36-23-30-42(31-24-36)54-49-19-8-6-15-45(49)47-34-27-37-11-4-5-14-43(37)51(47)54/h1-34H. The number of fused-ring (bicyclic) bond motifs is 8. The van der Waals surface area contributed by atoms with Gasteiger partial charge in [0.1, 0.15) is 11.2 Å². The van der Waals surface area contributed by atoms with Crippen LogP contribution in [0.25, 0.3) is 82.5 Å². The SMILES string of the molecule is c1ccc(N(c2ccc(-c3ccc(-n4c5ccccc5c5ccc6ccccc6c54)cc3)cc2)c2ccc(-c3cccc4c3oc3ccccc34)cc2)cc1. The summed E-state index contributed by atoms with van der Waals surface area (Å²) in [6.45, 7) is 0. The first-order chi connectivity index (χ1) is 27.3. The van der Waals surface area contributed by atoms with Crippen molar-refractivity contribution in [3.05, 3.63) is 206 Å².